The van der Waals surface area contributed by atoms with Crippen LogP contribution < -0.4 is 9.47 Å². The SMILES string of the molecule is CCOc1cc(C=C[N+](=O)[O-])c(Br)cc1OC. The normalized spacial score (nSPS) is 10.5. The van der Waals surface area contributed by atoms with Gasteiger partial charge in [0.15, 0.2) is 11.5 Å². The first-order chi connectivity index (χ1) is 8.08. The summed E-state index contributed by atoms with van der Waals surface area (Å²) >= 11 is 3.31. The molecule has 0 atom stereocenters. The molecular weight excluding hydrogens is 290 g/mol. The average molecular weight is 302 g/mol. The van der Waals surface area contributed by atoms with Gasteiger partial charge in [0, 0.05) is 10.5 Å². The summed E-state index contributed by atoms with van der Waals surface area (Å²) in [4.78, 5) is 9.75. The minimum atomic E-state index is -0.517. The van der Waals surface area contributed by atoms with Gasteiger partial charge in [-0.2, -0.15) is 0 Å². The van der Waals surface area contributed by atoms with Crippen molar-refractivity contribution in [1.29, 1.82) is 0 Å². The molecule has 1 aromatic carbocycles. The van der Waals surface area contributed by atoms with E-state index < -0.39 is 4.92 Å². The Morgan fingerprint density at radius 3 is 2.71 bits per heavy atom. The number of nitro groups is 1. The van der Waals surface area contributed by atoms with Crippen LogP contribution in [0.4, 0.5) is 0 Å². The lowest BCUT2D eigenvalue weighted by Gasteiger charge is -2.11. The van der Waals surface area contributed by atoms with E-state index in [-0.39, 0.29) is 0 Å². The molecule has 0 saturated carbocycles. The minimum Gasteiger partial charge on any atom is -0.493 e. The quantitative estimate of drug-likeness (QED) is 0.619. The first-order valence-electron chi connectivity index (χ1n) is 4.90. The van der Waals surface area contributed by atoms with Crippen LogP contribution in [-0.2, 0) is 0 Å². The van der Waals surface area contributed by atoms with Crippen LogP contribution in [0.15, 0.2) is 22.8 Å². The van der Waals surface area contributed by atoms with E-state index in [1.54, 1.807) is 12.1 Å². The molecule has 0 aliphatic heterocycles. The van der Waals surface area contributed by atoms with Gasteiger partial charge in [0.05, 0.1) is 18.6 Å². The Morgan fingerprint density at radius 1 is 1.47 bits per heavy atom. The smallest absolute Gasteiger partial charge is 0.235 e. The molecule has 0 heterocycles. The van der Waals surface area contributed by atoms with Crippen molar-refractivity contribution in [2.75, 3.05) is 13.7 Å². The summed E-state index contributed by atoms with van der Waals surface area (Å²) in [6, 6.07) is 3.40. The Bertz CT molecular complexity index is 445. The van der Waals surface area contributed by atoms with Crippen molar-refractivity contribution in [2.45, 2.75) is 6.92 Å². The number of halogens is 1. The Morgan fingerprint density at radius 2 is 2.18 bits per heavy atom. The Balaban J connectivity index is 3.14. The van der Waals surface area contributed by atoms with Gasteiger partial charge >= 0.3 is 0 Å². The van der Waals surface area contributed by atoms with Crippen LogP contribution in [0.1, 0.15) is 12.5 Å². The van der Waals surface area contributed by atoms with Crippen molar-refractivity contribution in [3.05, 3.63) is 38.5 Å². The molecule has 0 aromatic heterocycles. The standard InChI is InChI=1S/C11H12BrNO4/c1-3-17-11-6-8(4-5-13(14)15)9(12)7-10(11)16-2/h4-7H,3H2,1-2H3. The molecular formula is C11H12BrNO4. The van der Waals surface area contributed by atoms with E-state index in [0.29, 0.717) is 28.1 Å². The van der Waals surface area contributed by atoms with Crippen molar-refractivity contribution < 1.29 is 14.4 Å². The molecule has 6 heteroatoms. The van der Waals surface area contributed by atoms with Crippen molar-refractivity contribution >= 4 is 22.0 Å². The van der Waals surface area contributed by atoms with Crippen LogP contribution >= 0.6 is 15.9 Å². The van der Waals surface area contributed by atoms with Gasteiger partial charge in [-0.05, 0) is 24.6 Å². The van der Waals surface area contributed by atoms with E-state index in [1.165, 1.54) is 13.2 Å². The number of nitrogens with zero attached hydrogens (tertiary/aromatic N) is 1. The zero-order chi connectivity index (χ0) is 12.8. The summed E-state index contributed by atoms with van der Waals surface area (Å²) < 4.78 is 11.2. The van der Waals surface area contributed by atoms with Gasteiger partial charge in [0.1, 0.15) is 0 Å². The maximum Gasteiger partial charge on any atom is 0.235 e. The van der Waals surface area contributed by atoms with E-state index in [1.807, 2.05) is 6.92 Å². The van der Waals surface area contributed by atoms with Gasteiger partial charge in [-0.15, -0.1) is 0 Å². The third-order valence-electron chi connectivity index (χ3n) is 1.96. The third kappa shape index (κ3) is 3.74. The van der Waals surface area contributed by atoms with Crippen molar-refractivity contribution in [3.8, 4) is 11.5 Å². The molecule has 0 unspecified atom stereocenters. The maximum atomic E-state index is 10.3. The fourth-order valence-electron chi connectivity index (χ4n) is 1.25. The highest BCUT2D eigenvalue weighted by atomic mass is 79.9. The van der Waals surface area contributed by atoms with Gasteiger partial charge in [-0.1, -0.05) is 15.9 Å². The molecule has 17 heavy (non-hydrogen) atoms. The first-order valence-corrected chi connectivity index (χ1v) is 5.69. The van der Waals surface area contributed by atoms with Gasteiger partial charge in [0.2, 0.25) is 6.20 Å². The van der Waals surface area contributed by atoms with Gasteiger partial charge in [-0.25, -0.2) is 0 Å². The summed E-state index contributed by atoms with van der Waals surface area (Å²) in [5.74, 6) is 1.14. The summed E-state index contributed by atoms with van der Waals surface area (Å²) in [7, 11) is 1.54. The van der Waals surface area contributed by atoms with Crippen LogP contribution in [0.2, 0.25) is 0 Å². The number of rotatable bonds is 5. The second-order valence-corrected chi connectivity index (χ2v) is 3.91. The molecule has 0 fully saturated rings. The lowest BCUT2D eigenvalue weighted by Crippen LogP contribution is -1.96. The number of methoxy groups -OCH3 is 1. The number of hydrogen-bond donors (Lipinski definition) is 0. The molecule has 0 spiro atoms. The molecule has 1 rings (SSSR count). The number of hydrogen-bond acceptors (Lipinski definition) is 4. The predicted octanol–water partition coefficient (Wildman–Crippen LogP) is 3.10. The second-order valence-electron chi connectivity index (χ2n) is 3.06. The van der Waals surface area contributed by atoms with Crippen LogP contribution in [0.25, 0.3) is 6.08 Å². The third-order valence-corrected chi connectivity index (χ3v) is 2.65. The van der Waals surface area contributed by atoms with Gasteiger partial charge in [-0.3, -0.25) is 10.1 Å². The highest BCUT2D eigenvalue weighted by Gasteiger charge is 2.08. The molecule has 0 bridgehead atoms. The molecule has 1 aromatic rings. The molecule has 0 radical (unpaired) electrons. The second kappa shape index (κ2) is 6.24. The van der Waals surface area contributed by atoms with Crippen LogP contribution in [0, 0.1) is 10.1 Å². The van der Waals surface area contributed by atoms with E-state index in [9.17, 15) is 10.1 Å². The van der Waals surface area contributed by atoms with E-state index in [0.717, 1.165) is 6.20 Å². The number of benzene rings is 1. The molecule has 0 amide bonds. The fourth-order valence-corrected chi connectivity index (χ4v) is 1.70. The van der Waals surface area contributed by atoms with Crippen molar-refractivity contribution in [1.82, 2.24) is 0 Å². The summed E-state index contributed by atoms with van der Waals surface area (Å²) in [5.41, 5.74) is 0.658. The fraction of sp³-hybridized carbons (Fsp3) is 0.273. The van der Waals surface area contributed by atoms with Gasteiger partial charge in [0.25, 0.3) is 0 Å². The van der Waals surface area contributed by atoms with Crippen molar-refractivity contribution in [2.24, 2.45) is 0 Å². The van der Waals surface area contributed by atoms with E-state index in [4.69, 9.17) is 9.47 Å². The zero-order valence-electron chi connectivity index (χ0n) is 9.47. The summed E-state index contributed by atoms with van der Waals surface area (Å²) in [6.07, 6.45) is 2.27. The maximum absolute atomic E-state index is 10.3. The molecule has 5 nitrogen and oxygen atoms in total. The zero-order valence-corrected chi connectivity index (χ0v) is 11.1. The predicted molar refractivity (Wildman–Crippen MR) is 67.9 cm³/mol. The molecule has 92 valence electrons. The van der Waals surface area contributed by atoms with E-state index >= 15 is 0 Å². The Hall–Kier alpha value is -1.56. The highest BCUT2D eigenvalue weighted by molar-refractivity contribution is 9.10. The van der Waals surface area contributed by atoms with Gasteiger partial charge < -0.3 is 9.47 Å². The lowest BCUT2D eigenvalue weighted by molar-refractivity contribution is -0.400. The minimum absolute atomic E-state index is 0.496. The topological polar surface area (TPSA) is 61.6 Å². The monoisotopic (exact) mass is 301 g/mol. The van der Waals surface area contributed by atoms with Crippen LogP contribution in [-0.4, -0.2) is 18.6 Å². The average Bonchev–Trinajstić information content (AvgIpc) is 2.29. The Labute approximate surface area is 107 Å². The lowest BCUT2D eigenvalue weighted by atomic mass is 10.2. The molecule has 0 aliphatic rings. The number of ether oxygens (including phenoxy) is 2. The summed E-state index contributed by atoms with van der Waals surface area (Å²) in [6.45, 7) is 2.35. The van der Waals surface area contributed by atoms with Crippen LogP contribution in [0.5, 0.6) is 11.5 Å². The Kier molecular flexibility index (Phi) is 4.96. The van der Waals surface area contributed by atoms with Crippen LogP contribution in [0.3, 0.4) is 0 Å². The molecule has 0 saturated heterocycles. The first kappa shape index (κ1) is 13.5. The van der Waals surface area contributed by atoms with E-state index in [2.05, 4.69) is 15.9 Å². The van der Waals surface area contributed by atoms with Crippen molar-refractivity contribution in [3.63, 3.8) is 0 Å². The largest absolute Gasteiger partial charge is 0.493 e. The molecule has 0 aliphatic carbocycles. The molecule has 0 N–H and O–H groups in total. The highest BCUT2D eigenvalue weighted by Crippen LogP contribution is 2.34. The summed E-state index contributed by atoms with van der Waals surface area (Å²) in [5, 5.41) is 10.3.